The van der Waals surface area contributed by atoms with Crippen LogP contribution < -0.4 is 10.6 Å². The van der Waals surface area contributed by atoms with Crippen LogP contribution in [0.15, 0.2) is 54.6 Å². The number of fused-ring (bicyclic) bond motifs is 4. The highest BCUT2D eigenvalue weighted by Gasteiger charge is 2.78. The number of hydrogen-bond acceptors (Lipinski definition) is 17. The number of esters is 2. The summed E-state index contributed by atoms with van der Waals surface area (Å²) in [4.78, 5) is 61.8. The van der Waals surface area contributed by atoms with E-state index in [2.05, 4.69) is 10.6 Å². The van der Waals surface area contributed by atoms with Gasteiger partial charge in [-0.15, -0.1) is 0 Å². The lowest BCUT2D eigenvalue weighted by Crippen LogP contribution is -2.69. The van der Waals surface area contributed by atoms with Gasteiger partial charge in [0.05, 0.1) is 32.4 Å². The summed E-state index contributed by atoms with van der Waals surface area (Å²) >= 11 is 0. The van der Waals surface area contributed by atoms with E-state index in [1.54, 1.807) is 57.2 Å². The second-order valence-electron chi connectivity index (χ2n) is 20.2. The number of carbonyl (C=O) groups is 4. The minimum absolute atomic E-state index is 0.00803. The zero-order chi connectivity index (χ0) is 48.1. The molecule has 7 N–H and O–H groups in total. The molecule has 68 heavy (non-hydrogen) atoms. The van der Waals surface area contributed by atoms with Crippen molar-refractivity contribution in [2.24, 2.45) is 17.3 Å². The summed E-state index contributed by atoms with van der Waals surface area (Å²) in [5.74, 6) is -2.36. The van der Waals surface area contributed by atoms with E-state index in [0.29, 0.717) is 5.56 Å². The van der Waals surface area contributed by atoms with Gasteiger partial charge in [-0.05, 0) is 81.7 Å². The fraction of sp³-hybridized carbons (Fsp3) is 0.633. The standard InChI is InChI=1S/C49H63N3O16/c1-47(2,3)65-35(55)17-16-32(24-53)51-43(59)29-11-5-8-27(20-29)22-50-46(61)48-21-33-39-40(67-49(66-39,30-12-13-30)31-14-15-31)42(48)68-52(41(48)44(60)63-33)23-28-9-4-7-26(19-28)10-6-18-62-45-38(58)37(57)36(56)34(25-54)64-45/h4-11,19-20,30-34,36-42,45,53-54,56-58H,12-18,21-25H2,1-3H3,(H,50,61)(H,51,59). The maximum atomic E-state index is 15.0. The number of carbonyl (C=O) groups excluding carboxylic acids is 4. The molecule has 3 saturated carbocycles. The fourth-order valence-corrected chi connectivity index (χ4v) is 10.5. The average Bonchev–Trinajstić information content (AvgIpc) is 4.26. The lowest BCUT2D eigenvalue weighted by atomic mass is 9.62. The second-order valence-corrected chi connectivity index (χ2v) is 20.2. The first-order chi connectivity index (χ1) is 32.5. The van der Waals surface area contributed by atoms with Crippen molar-refractivity contribution in [1.82, 2.24) is 15.7 Å². The van der Waals surface area contributed by atoms with Crippen LogP contribution in [0.4, 0.5) is 0 Å². The van der Waals surface area contributed by atoms with Gasteiger partial charge in [-0.2, -0.15) is 5.06 Å². The highest BCUT2D eigenvalue weighted by atomic mass is 16.8. The lowest BCUT2D eigenvalue weighted by molar-refractivity contribution is -0.298. The van der Waals surface area contributed by atoms with Crippen molar-refractivity contribution in [3.63, 3.8) is 0 Å². The number of ether oxygens (including phenoxy) is 6. The van der Waals surface area contributed by atoms with Gasteiger partial charge >= 0.3 is 11.9 Å². The fourth-order valence-electron chi connectivity index (χ4n) is 10.5. The largest absolute Gasteiger partial charge is 0.460 e. The molecule has 9 rings (SSSR count). The van der Waals surface area contributed by atoms with Crippen molar-refractivity contribution >= 4 is 29.8 Å². The molecule has 19 nitrogen and oxygen atoms in total. The quantitative estimate of drug-likeness (QED) is 0.103. The third kappa shape index (κ3) is 9.72. The van der Waals surface area contributed by atoms with Crippen LogP contribution in [0.3, 0.4) is 0 Å². The van der Waals surface area contributed by atoms with Crippen molar-refractivity contribution in [3.8, 4) is 0 Å². The van der Waals surface area contributed by atoms with E-state index in [9.17, 15) is 39.9 Å². The maximum absolute atomic E-state index is 15.0. The first-order valence-corrected chi connectivity index (χ1v) is 23.7. The van der Waals surface area contributed by atoms with Gasteiger partial charge in [-0.1, -0.05) is 48.6 Å². The van der Waals surface area contributed by atoms with Crippen molar-refractivity contribution in [2.45, 2.75) is 157 Å². The minimum Gasteiger partial charge on any atom is -0.460 e. The van der Waals surface area contributed by atoms with Crippen molar-refractivity contribution in [3.05, 3.63) is 76.9 Å². The van der Waals surface area contributed by atoms with Gasteiger partial charge in [-0.25, -0.2) is 0 Å². The Hall–Kier alpha value is -4.38. The molecule has 0 radical (unpaired) electrons. The molecule has 370 valence electrons. The molecule has 2 aromatic rings. The highest BCUT2D eigenvalue weighted by molar-refractivity contribution is 5.95. The lowest BCUT2D eigenvalue weighted by Gasteiger charge is -2.48. The molecule has 7 aliphatic rings. The molecule has 12 atom stereocenters. The van der Waals surface area contributed by atoms with E-state index >= 15 is 4.79 Å². The Labute approximate surface area is 393 Å². The molecule has 4 heterocycles. The predicted octanol–water partition coefficient (Wildman–Crippen LogP) is 1.15. The maximum Gasteiger partial charge on any atom is 0.327 e. The molecule has 7 fully saturated rings. The first kappa shape index (κ1) is 48.6. The number of aliphatic hydroxyl groups excluding tert-OH is 5. The summed E-state index contributed by atoms with van der Waals surface area (Å²) in [6, 6.07) is 12.3. The highest BCUT2D eigenvalue weighted by Crippen LogP contribution is 2.64. The summed E-state index contributed by atoms with van der Waals surface area (Å²) in [6.45, 7) is 4.40. The van der Waals surface area contributed by atoms with Gasteiger partial charge < -0.3 is 64.6 Å². The van der Waals surface area contributed by atoms with Gasteiger partial charge in [0.1, 0.15) is 59.8 Å². The van der Waals surface area contributed by atoms with Crippen LogP contribution >= 0.6 is 0 Å². The number of benzene rings is 2. The molecule has 2 aromatic carbocycles. The topological polar surface area (TPSA) is 261 Å². The summed E-state index contributed by atoms with van der Waals surface area (Å²) in [7, 11) is 0. The number of hydroxylamine groups is 2. The Morgan fingerprint density at radius 3 is 2.37 bits per heavy atom. The molecule has 0 spiro atoms. The van der Waals surface area contributed by atoms with Crippen LogP contribution in [0.25, 0.3) is 6.08 Å². The van der Waals surface area contributed by atoms with E-state index < -0.39 is 114 Å². The van der Waals surface area contributed by atoms with Gasteiger partial charge in [-0.3, -0.25) is 24.0 Å². The number of amides is 2. The second kappa shape index (κ2) is 19.4. The summed E-state index contributed by atoms with van der Waals surface area (Å²) in [5.41, 5.74) is 0.297. The number of nitrogens with one attached hydrogen (secondary N) is 2. The summed E-state index contributed by atoms with van der Waals surface area (Å²) < 4.78 is 36.4. The van der Waals surface area contributed by atoms with Gasteiger partial charge in [0.25, 0.3) is 5.91 Å². The average molecular weight is 950 g/mol. The van der Waals surface area contributed by atoms with E-state index in [1.165, 1.54) is 5.06 Å². The van der Waals surface area contributed by atoms with Crippen molar-refractivity contribution < 1.29 is 78.0 Å². The van der Waals surface area contributed by atoms with Crippen LogP contribution in [0, 0.1) is 17.3 Å². The van der Waals surface area contributed by atoms with E-state index in [0.717, 1.165) is 36.8 Å². The minimum atomic E-state index is -1.56. The third-order valence-electron chi connectivity index (χ3n) is 14.0. The number of rotatable bonds is 18. The van der Waals surface area contributed by atoms with Gasteiger partial charge in [0.15, 0.2) is 18.1 Å². The molecule has 4 saturated heterocycles. The molecular formula is C49H63N3O16. The van der Waals surface area contributed by atoms with Crippen molar-refractivity contribution in [1.29, 1.82) is 0 Å². The summed E-state index contributed by atoms with van der Waals surface area (Å²) in [6.07, 6.45) is -2.37. The molecule has 0 aromatic heterocycles. The normalized spacial score (nSPS) is 33.4. The predicted molar refractivity (Wildman–Crippen MR) is 236 cm³/mol. The van der Waals surface area contributed by atoms with Gasteiger partial charge in [0, 0.05) is 36.8 Å². The van der Waals surface area contributed by atoms with E-state index in [4.69, 9.17) is 33.3 Å². The van der Waals surface area contributed by atoms with Crippen LogP contribution in [-0.2, 0) is 60.7 Å². The Morgan fingerprint density at radius 1 is 0.941 bits per heavy atom. The molecule has 12 unspecified atom stereocenters. The Bertz CT molecular complexity index is 2210. The molecule has 4 aliphatic heterocycles. The molecular weight excluding hydrogens is 887 g/mol. The van der Waals surface area contributed by atoms with Crippen molar-refractivity contribution in [2.75, 3.05) is 19.8 Å². The number of nitrogens with zero attached hydrogens (tertiary/aromatic N) is 1. The third-order valence-corrected chi connectivity index (χ3v) is 14.0. The Kier molecular flexibility index (Phi) is 13.9. The van der Waals surface area contributed by atoms with Crippen LogP contribution in [-0.4, -0.2) is 153 Å². The monoisotopic (exact) mass is 949 g/mol. The Morgan fingerprint density at radius 2 is 1.66 bits per heavy atom. The van der Waals surface area contributed by atoms with Crippen LogP contribution in [0.1, 0.15) is 92.8 Å². The molecule has 2 amide bonds. The molecule has 19 heteroatoms. The molecule has 3 aliphatic carbocycles. The van der Waals surface area contributed by atoms with E-state index in [1.807, 2.05) is 24.3 Å². The van der Waals surface area contributed by atoms with Crippen LogP contribution in [0.5, 0.6) is 0 Å². The number of aliphatic hydroxyl groups is 5. The first-order valence-electron chi connectivity index (χ1n) is 23.7. The number of hydrogen-bond donors (Lipinski definition) is 7. The SMILES string of the molecule is CC(C)(C)OC(=O)CCC(CO)NC(=O)c1cccc(CNC(=O)C23CC4OC(=O)C2N(Cc2cccc(C=CCOC5OC(CO)C(O)C(O)C5O)c2)OC3C2OC(C3CC3)(C3CC3)OC42)c1. The van der Waals surface area contributed by atoms with E-state index in [-0.39, 0.29) is 63.0 Å². The van der Waals surface area contributed by atoms with Crippen LogP contribution in [0.2, 0.25) is 0 Å². The zero-order valence-corrected chi connectivity index (χ0v) is 38.4. The molecule has 2 bridgehead atoms. The smallest absolute Gasteiger partial charge is 0.327 e. The van der Waals surface area contributed by atoms with Gasteiger partial charge in [0.2, 0.25) is 5.91 Å². The zero-order valence-electron chi connectivity index (χ0n) is 38.4. The Balaban J connectivity index is 0.907. The summed E-state index contributed by atoms with van der Waals surface area (Å²) in [5, 5.41) is 57.4.